The summed E-state index contributed by atoms with van der Waals surface area (Å²) in [5.41, 5.74) is 11.0. The van der Waals surface area contributed by atoms with E-state index in [0.717, 1.165) is 50.5 Å². The van der Waals surface area contributed by atoms with Crippen molar-refractivity contribution < 1.29 is 8.78 Å². The summed E-state index contributed by atoms with van der Waals surface area (Å²) in [5, 5.41) is 0. The molecule has 4 aromatic carbocycles. The summed E-state index contributed by atoms with van der Waals surface area (Å²) in [7, 11) is 0. The molecule has 2 nitrogen and oxygen atoms in total. The second kappa shape index (κ2) is 9.76. The molecular formula is C43H49BF2N2. The van der Waals surface area contributed by atoms with Crippen LogP contribution in [0, 0.1) is 6.92 Å². The molecule has 0 spiro atoms. The Bertz CT molecular complexity index is 1990. The number of fused-ring (bicyclic) bond motifs is 7. The van der Waals surface area contributed by atoms with Gasteiger partial charge in [0, 0.05) is 40.4 Å². The van der Waals surface area contributed by atoms with Crippen LogP contribution in [-0.2, 0) is 21.9 Å². The molecule has 2 atom stereocenters. The first kappa shape index (κ1) is 31.7. The number of alkyl halides is 2. The van der Waals surface area contributed by atoms with Crippen molar-refractivity contribution in [1.82, 2.24) is 0 Å². The van der Waals surface area contributed by atoms with Crippen molar-refractivity contribution in [2.75, 3.05) is 9.80 Å². The zero-order valence-corrected chi connectivity index (χ0v) is 30.4. The predicted octanol–water partition coefficient (Wildman–Crippen LogP) is 10.1. The Labute approximate surface area is 286 Å². The first-order valence-corrected chi connectivity index (χ1v) is 17.9. The topological polar surface area (TPSA) is 6.48 Å². The molecular weight excluding hydrogens is 593 g/mol. The number of nitrogens with zero attached hydrogens (tertiary/aromatic N) is 2. The molecule has 1 saturated carbocycles. The number of anilines is 5. The minimum atomic E-state index is -2.14. The molecule has 1 aliphatic carbocycles. The van der Waals surface area contributed by atoms with Crippen molar-refractivity contribution in [2.45, 2.75) is 123 Å². The van der Waals surface area contributed by atoms with Gasteiger partial charge in [0.15, 0.2) is 5.67 Å². The molecule has 0 saturated heterocycles. The van der Waals surface area contributed by atoms with Gasteiger partial charge in [0.2, 0.25) is 5.79 Å². The van der Waals surface area contributed by atoms with E-state index in [1.165, 1.54) is 16.6 Å². The summed E-state index contributed by atoms with van der Waals surface area (Å²) in [6.07, 6.45) is 1.76. The lowest BCUT2D eigenvalue weighted by Gasteiger charge is -2.48. The Hall–Kier alpha value is -3.60. The van der Waals surface area contributed by atoms with E-state index in [9.17, 15) is 0 Å². The summed E-state index contributed by atoms with van der Waals surface area (Å²) >= 11 is 0. The van der Waals surface area contributed by atoms with Crippen molar-refractivity contribution in [3.8, 4) is 0 Å². The molecule has 0 aromatic heterocycles. The van der Waals surface area contributed by atoms with Gasteiger partial charge < -0.3 is 9.80 Å². The average Bonchev–Trinajstić information content (AvgIpc) is 3.21. The first-order chi connectivity index (χ1) is 22.3. The Morgan fingerprint density at radius 3 is 1.88 bits per heavy atom. The lowest BCUT2D eigenvalue weighted by Crippen LogP contribution is -2.64. The highest BCUT2D eigenvalue weighted by molar-refractivity contribution is 7.00. The standard InChI is InChI=1S/C43H49BF2N2/c1-26-21-31-38-33(22-26)44-32-23-28(40(5,6)7)15-18-34(32)47(30-16-13-27(14-17-30)39(2,3)4)35-24-29(41(8,9)10)25-36(37(35)44)48(38)43(46)20-12-11-19-42(31,43)45/h13-18,21-25H,11-12,19-20H2,1-10H3. The summed E-state index contributed by atoms with van der Waals surface area (Å²) in [4.78, 5) is 4.23. The van der Waals surface area contributed by atoms with E-state index in [-0.39, 0.29) is 35.8 Å². The van der Waals surface area contributed by atoms with E-state index in [0.29, 0.717) is 18.4 Å². The van der Waals surface area contributed by atoms with Crippen LogP contribution in [0.25, 0.3) is 0 Å². The van der Waals surface area contributed by atoms with Gasteiger partial charge in [0.25, 0.3) is 6.71 Å². The number of halogens is 2. The van der Waals surface area contributed by atoms with Gasteiger partial charge in [-0.3, -0.25) is 0 Å². The minimum absolute atomic E-state index is 0.0275. The molecule has 3 heterocycles. The van der Waals surface area contributed by atoms with Crippen molar-refractivity contribution in [1.29, 1.82) is 0 Å². The normalized spacial score (nSPS) is 22.7. The van der Waals surface area contributed by atoms with Crippen LogP contribution in [0.5, 0.6) is 0 Å². The van der Waals surface area contributed by atoms with Crippen LogP contribution in [0.2, 0.25) is 0 Å². The lowest BCUT2D eigenvalue weighted by atomic mass is 9.33. The largest absolute Gasteiger partial charge is 0.311 e. The van der Waals surface area contributed by atoms with E-state index < -0.39 is 11.5 Å². The van der Waals surface area contributed by atoms with E-state index in [4.69, 9.17) is 0 Å². The van der Waals surface area contributed by atoms with Crippen molar-refractivity contribution in [2.24, 2.45) is 0 Å². The fraction of sp³-hybridized carbons (Fsp3) is 0.442. The minimum Gasteiger partial charge on any atom is -0.311 e. The summed E-state index contributed by atoms with van der Waals surface area (Å²) in [6, 6.07) is 24.6. The highest BCUT2D eigenvalue weighted by atomic mass is 19.2. The number of hydrogen-bond acceptors (Lipinski definition) is 2. The van der Waals surface area contributed by atoms with Gasteiger partial charge in [-0.15, -0.1) is 0 Å². The molecule has 5 heteroatoms. The van der Waals surface area contributed by atoms with E-state index in [1.807, 2.05) is 17.9 Å². The maximum atomic E-state index is 18.1. The highest BCUT2D eigenvalue weighted by Crippen LogP contribution is 2.63. The number of aryl methyl sites for hydroxylation is 1. The smallest absolute Gasteiger partial charge is 0.252 e. The monoisotopic (exact) mass is 642 g/mol. The molecule has 48 heavy (non-hydrogen) atoms. The quantitative estimate of drug-likeness (QED) is 0.133. The van der Waals surface area contributed by atoms with Crippen LogP contribution in [0.3, 0.4) is 0 Å². The Morgan fingerprint density at radius 2 is 1.23 bits per heavy atom. The maximum absolute atomic E-state index is 18.1. The van der Waals surface area contributed by atoms with Crippen LogP contribution < -0.4 is 26.2 Å². The third-order valence-corrected chi connectivity index (χ3v) is 11.7. The third-order valence-electron chi connectivity index (χ3n) is 11.7. The fourth-order valence-electron chi connectivity index (χ4n) is 8.99. The van der Waals surface area contributed by atoms with Crippen molar-refractivity contribution >= 4 is 51.5 Å². The first-order valence-electron chi connectivity index (χ1n) is 17.9. The molecule has 2 unspecified atom stereocenters. The molecule has 4 aliphatic rings. The molecule has 0 N–H and O–H groups in total. The zero-order valence-electron chi connectivity index (χ0n) is 30.4. The van der Waals surface area contributed by atoms with Gasteiger partial charge in [0.1, 0.15) is 0 Å². The van der Waals surface area contributed by atoms with Gasteiger partial charge in [-0.1, -0.05) is 104 Å². The van der Waals surface area contributed by atoms with Gasteiger partial charge >= 0.3 is 0 Å². The van der Waals surface area contributed by atoms with Gasteiger partial charge in [-0.2, -0.15) is 0 Å². The number of hydrogen-bond donors (Lipinski definition) is 0. The highest BCUT2D eigenvalue weighted by Gasteiger charge is 2.68. The summed E-state index contributed by atoms with van der Waals surface area (Å²) in [5.74, 6) is -2.14. The molecule has 3 aliphatic heterocycles. The second-order valence-corrected chi connectivity index (χ2v) is 18.1. The Morgan fingerprint density at radius 1 is 0.625 bits per heavy atom. The van der Waals surface area contributed by atoms with Gasteiger partial charge in [-0.05, 0) is 106 Å². The SMILES string of the molecule is Cc1cc2c3c(c1)C1(F)CCCCC1(F)N3c1cc(C(C)(C)C)cc3c1B2c1cc(C(C)(C)C)ccc1N3c1ccc(C(C)(C)C)cc1. The number of benzene rings is 4. The summed E-state index contributed by atoms with van der Waals surface area (Å²) in [6.45, 7) is 22.0. The lowest BCUT2D eigenvalue weighted by molar-refractivity contribution is -0.0615. The van der Waals surface area contributed by atoms with Crippen LogP contribution in [0.1, 0.15) is 116 Å². The van der Waals surface area contributed by atoms with Crippen LogP contribution in [0.4, 0.5) is 37.2 Å². The molecule has 8 rings (SSSR count). The second-order valence-electron chi connectivity index (χ2n) is 18.1. The van der Waals surface area contributed by atoms with E-state index >= 15 is 8.78 Å². The van der Waals surface area contributed by atoms with Crippen LogP contribution in [-0.4, -0.2) is 12.5 Å². The molecule has 248 valence electrons. The van der Waals surface area contributed by atoms with Gasteiger partial charge in [-0.25, -0.2) is 8.78 Å². The third kappa shape index (κ3) is 4.21. The average molecular weight is 643 g/mol. The molecule has 1 fully saturated rings. The molecule has 0 amide bonds. The van der Waals surface area contributed by atoms with Crippen molar-refractivity contribution in [3.05, 3.63) is 94.5 Å². The molecule has 0 radical (unpaired) electrons. The Balaban J connectivity index is 1.51. The predicted molar refractivity (Wildman–Crippen MR) is 200 cm³/mol. The Kier molecular flexibility index (Phi) is 6.44. The van der Waals surface area contributed by atoms with Crippen molar-refractivity contribution in [3.63, 3.8) is 0 Å². The van der Waals surface area contributed by atoms with Gasteiger partial charge in [0.05, 0.1) is 0 Å². The van der Waals surface area contributed by atoms with E-state index in [2.05, 4.69) is 128 Å². The summed E-state index contributed by atoms with van der Waals surface area (Å²) < 4.78 is 35.8. The van der Waals surface area contributed by atoms with Crippen LogP contribution in [0.15, 0.2) is 66.7 Å². The van der Waals surface area contributed by atoms with E-state index in [1.54, 1.807) is 0 Å². The zero-order chi connectivity index (χ0) is 34.3. The number of rotatable bonds is 1. The maximum Gasteiger partial charge on any atom is 0.252 e. The van der Waals surface area contributed by atoms with Crippen LogP contribution >= 0.6 is 0 Å². The fourth-order valence-corrected chi connectivity index (χ4v) is 8.99. The molecule has 0 bridgehead atoms. The molecule has 4 aromatic rings.